The van der Waals surface area contributed by atoms with Crippen LogP contribution < -0.4 is 11.1 Å². The number of nitrogens with two attached hydrogens (primary N) is 1. The molecule has 1 aromatic heterocycles. The fourth-order valence-corrected chi connectivity index (χ4v) is 1.66. The summed E-state index contributed by atoms with van der Waals surface area (Å²) in [5.74, 6) is 0. The van der Waals surface area contributed by atoms with Crippen LogP contribution in [0.1, 0.15) is 0 Å². The number of para-hydroxylation sites is 1. The van der Waals surface area contributed by atoms with Gasteiger partial charge in [-0.15, -0.1) is 0 Å². The van der Waals surface area contributed by atoms with Crippen LogP contribution in [0.4, 0.5) is 17.1 Å². The first-order valence-corrected chi connectivity index (χ1v) is 5.17. The number of anilines is 3. The summed E-state index contributed by atoms with van der Waals surface area (Å²) in [4.78, 5) is 0. The number of nitrogens with one attached hydrogen (secondary N) is 1. The highest BCUT2D eigenvalue weighted by Crippen LogP contribution is 2.27. The molecule has 0 atom stereocenters. The normalized spacial score (nSPS) is 10.6. The highest BCUT2D eigenvalue weighted by atomic mass is 16.6. The summed E-state index contributed by atoms with van der Waals surface area (Å²) in [5.41, 5.74) is 9.33. The van der Waals surface area contributed by atoms with Crippen molar-refractivity contribution in [2.45, 2.75) is 0 Å². The Hall–Kier alpha value is -2.56. The molecule has 0 aliphatic rings. The molecule has 0 saturated carbocycles. The first kappa shape index (κ1) is 9.65. The summed E-state index contributed by atoms with van der Waals surface area (Å²) < 4.78 is 4.70. The van der Waals surface area contributed by atoms with Crippen LogP contribution in [0.5, 0.6) is 0 Å². The smallest absolute Gasteiger partial charge is 0.160 e. The Labute approximate surface area is 97.2 Å². The van der Waals surface area contributed by atoms with Crippen LogP contribution in [0, 0.1) is 0 Å². The van der Waals surface area contributed by atoms with Crippen molar-refractivity contribution < 1.29 is 4.63 Å². The standard InChI is InChI=1S/C12H10N4O/c13-9-6-7-10(12-11(9)15-17-16-12)14-8-4-2-1-3-5-8/h1-7,14H,13H2. The number of hydrogen-bond donors (Lipinski definition) is 2. The van der Waals surface area contributed by atoms with Gasteiger partial charge in [-0.2, -0.15) is 0 Å². The van der Waals surface area contributed by atoms with Gasteiger partial charge in [0.1, 0.15) is 0 Å². The number of nitrogens with zero attached hydrogens (tertiary/aromatic N) is 2. The summed E-state index contributed by atoms with van der Waals surface area (Å²) in [6, 6.07) is 13.4. The van der Waals surface area contributed by atoms with Crippen LogP contribution in [0.15, 0.2) is 47.1 Å². The zero-order valence-corrected chi connectivity index (χ0v) is 8.92. The predicted molar refractivity (Wildman–Crippen MR) is 65.9 cm³/mol. The van der Waals surface area contributed by atoms with Crippen LogP contribution in [-0.4, -0.2) is 10.3 Å². The zero-order valence-electron chi connectivity index (χ0n) is 8.92. The molecule has 0 amide bonds. The van der Waals surface area contributed by atoms with E-state index in [1.807, 2.05) is 36.4 Å². The minimum atomic E-state index is 0.555. The SMILES string of the molecule is Nc1ccc(Nc2ccccc2)c2nonc12. The molecule has 0 aliphatic carbocycles. The van der Waals surface area contributed by atoms with Crippen molar-refractivity contribution in [3.63, 3.8) is 0 Å². The largest absolute Gasteiger partial charge is 0.397 e. The van der Waals surface area contributed by atoms with Crippen LogP contribution in [0.2, 0.25) is 0 Å². The van der Waals surface area contributed by atoms with Crippen molar-refractivity contribution in [1.82, 2.24) is 10.3 Å². The number of fused-ring (bicyclic) bond motifs is 1. The molecule has 0 fully saturated rings. The lowest BCUT2D eigenvalue weighted by atomic mass is 10.2. The van der Waals surface area contributed by atoms with Crippen molar-refractivity contribution in [3.05, 3.63) is 42.5 Å². The number of benzene rings is 2. The monoisotopic (exact) mass is 226 g/mol. The Balaban J connectivity index is 2.07. The molecule has 1 heterocycles. The number of rotatable bonds is 2. The maximum atomic E-state index is 5.77. The van der Waals surface area contributed by atoms with Crippen LogP contribution in [0.25, 0.3) is 11.0 Å². The summed E-state index contributed by atoms with van der Waals surface area (Å²) in [6.45, 7) is 0. The minimum Gasteiger partial charge on any atom is -0.397 e. The Morgan fingerprint density at radius 1 is 0.941 bits per heavy atom. The van der Waals surface area contributed by atoms with E-state index in [9.17, 15) is 0 Å². The molecular formula is C12H10N4O. The topological polar surface area (TPSA) is 77.0 Å². The Morgan fingerprint density at radius 3 is 2.53 bits per heavy atom. The average Bonchev–Trinajstić information content (AvgIpc) is 2.84. The third-order valence-electron chi connectivity index (χ3n) is 2.50. The highest BCUT2D eigenvalue weighted by molar-refractivity contribution is 5.96. The van der Waals surface area contributed by atoms with Crippen molar-refractivity contribution in [1.29, 1.82) is 0 Å². The Kier molecular flexibility index (Phi) is 2.15. The van der Waals surface area contributed by atoms with E-state index < -0.39 is 0 Å². The van der Waals surface area contributed by atoms with Gasteiger partial charge in [0.25, 0.3) is 0 Å². The Morgan fingerprint density at radius 2 is 1.71 bits per heavy atom. The molecule has 0 aliphatic heterocycles. The molecule has 17 heavy (non-hydrogen) atoms. The van der Waals surface area contributed by atoms with Gasteiger partial charge in [-0.25, -0.2) is 4.63 Å². The molecule has 3 aromatic rings. The molecule has 3 N–H and O–H groups in total. The predicted octanol–water partition coefficient (Wildman–Crippen LogP) is 2.55. The first-order valence-electron chi connectivity index (χ1n) is 5.17. The maximum Gasteiger partial charge on any atom is 0.160 e. The molecule has 5 nitrogen and oxygen atoms in total. The summed E-state index contributed by atoms with van der Waals surface area (Å²) >= 11 is 0. The summed E-state index contributed by atoms with van der Waals surface area (Å²) in [5, 5.41) is 10.9. The molecule has 3 rings (SSSR count). The van der Waals surface area contributed by atoms with Crippen molar-refractivity contribution in [2.24, 2.45) is 0 Å². The third-order valence-corrected chi connectivity index (χ3v) is 2.50. The second-order valence-electron chi connectivity index (χ2n) is 3.65. The molecular weight excluding hydrogens is 216 g/mol. The third kappa shape index (κ3) is 1.67. The number of aromatic nitrogens is 2. The van der Waals surface area contributed by atoms with Gasteiger partial charge in [-0.3, -0.25) is 0 Å². The van der Waals surface area contributed by atoms with E-state index in [1.165, 1.54) is 0 Å². The van der Waals surface area contributed by atoms with Gasteiger partial charge in [0.05, 0.1) is 11.4 Å². The van der Waals surface area contributed by atoms with Crippen molar-refractivity contribution in [2.75, 3.05) is 11.1 Å². The van der Waals surface area contributed by atoms with Crippen LogP contribution >= 0.6 is 0 Å². The fraction of sp³-hybridized carbons (Fsp3) is 0. The van der Waals surface area contributed by atoms with E-state index in [1.54, 1.807) is 6.07 Å². The summed E-state index contributed by atoms with van der Waals surface area (Å²) in [6.07, 6.45) is 0. The van der Waals surface area contributed by atoms with E-state index in [0.717, 1.165) is 11.4 Å². The van der Waals surface area contributed by atoms with Gasteiger partial charge in [-0.05, 0) is 34.6 Å². The lowest BCUT2D eigenvalue weighted by Gasteiger charge is -2.06. The van der Waals surface area contributed by atoms with E-state index >= 15 is 0 Å². The van der Waals surface area contributed by atoms with Crippen molar-refractivity contribution >= 4 is 28.1 Å². The number of nitrogen functional groups attached to an aromatic ring is 1. The quantitative estimate of drug-likeness (QED) is 0.656. The number of hydrogen-bond acceptors (Lipinski definition) is 5. The molecule has 84 valence electrons. The second kappa shape index (κ2) is 3.79. The highest BCUT2D eigenvalue weighted by Gasteiger charge is 2.09. The maximum absolute atomic E-state index is 5.77. The molecule has 0 spiro atoms. The van der Waals surface area contributed by atoms with Crippen molar-refractivity contribution in [3.8, 4) is 0 Å². The van der Waals surface area contributed by atoms with Gasteiger partial charge in [-0.1, -0.05) is 18.2 Å². The van der Waals surface area contributed by atoms with Gasteiger partial charge in [0, 0.05) is 5.69 Å². The lowest BCUT2D eigenvalue weighted by molar-refractivity contribution is 0.316. The van der Waals surface area contributed by atoms with Gasteiger partial charge < -0.3 is 11.1 Å². The molecule has 2 aromatic carbocycles. The molecule has 0 radical (unpaired) electrons. The van der Waals surface area contributed by atoms with Gasteiger partial charge >= 0.3 is 0 Å². The van der Waals surface area contributed by atoms with E-state index in [-0.39, 0.29) is 0 Å². The Bertz CT molecular complexity index is 648. The van der Waals surface area contributed by atoms with Crippen LogP contribution in [-0.2, 0) is 0 Å². The lowest BCUT2D eigenvalue weighted by Crippen LogP contribution is -1.93. The minimum absolute atomic E-state index is 0.555. The van der Waals surface area contributed by atoms with E-state index in [4.69, 9.17) is 10.4 Å². The van der Waals surface area contributed by atoms with E-state index in [2.05, 4.69) is 15.6 Å². The zero-order chi connectivity index (χ0) is 11.7. The van der Waals surface area contributed by atoms with E-state index in [0.29, 0.717) is 16.7 Å². The second-order valence-corrected chi connectivity index (χ2v) is 3.65. The first-order chi connectivity index (χ1) is 8.34. The fourth-order valence-electron chi connectivity index (χ4n) is 1.66. The molecule has 0 unspecified atom stereocenters. The molecule has 0 bridgehead atoms. The molecule has 0 saturated heterocycles. The van der Waals surface area contributed by atoms with Crippen LogP contribution in [0.3, 0.4) is 0 Å². The average molecular weight is 226 g/mol. The van der Waals surface area contributed by atoms with Gasteiger partial charge in [0.15, 0.2) is 11.0 Å². The summed E-state index contributed by atoms with van der Waals surface area (Å²) in [7, 11) is 0. The molecule has 5 heteroatoms. The van der Waals surface area contributed by atoms with Gasteiger partial charge in [0.2, 0.25) is 0 Å².